The van der Waals surface area contributed by atoms with Crippen molar-refractivity contribution in [3.05, 3.63) is 20.8 Å². The van der Waals surface area contributed by atoms with E-state index >= 15 is 0 Å². The van der Waals surface area contributed by atoms with Crippen LogP contribution in [-0.2, 0) is 6.42 Å². The lowest BCUT2D eigenvalue weighted by atomic mass is 9.91. The van der Waals surface area contributed by atoms with E-state index in [0.717, 1.165) is 0 Å². The normalized spacial score (nSPS) is 27.6. The maximum atomic E-state index is 3.71. The molecule has 1 fully saturated rings. The average molecular weight is 288 g/mol. The summed E-state index contributed by atoms with van der Waals surface area (Å²) in [7, 11) is 0. The highest BCUT2D eigenvalue weighted by Crippen LogP contribution is 2.27. The zero-order chi connectivity index (χ0) is 10.7. The van der Waals surface area contributed by atoms with Crippen LogP contribution in [0.25, 0.3) is 0 Å². The van der Waals surface area contributed by atoms with Gasteiger partial charge in [0.1, 0.15) is 0 Å². The SMILES string of the molecule is CC1(Cc2cc(Br)cs2)CCCCCN1. The van der Waals surface area contributed by atoms with E-state index in [4.69, 9.17) is 0 Å². The zero-order valence-corrected chi connectivity index (χ0v) is 11.6. The Balaban J connectivity index is 2.02. The van der Waals surface area contributed by atoms with Crippen molar-refractivity contribution in [2.75, 3.05) is 6.54 Å². The summed E-state index contributed by atoms with van der Waals surface area (Å²) < 4.78 is 1.22. The van der Waals surface area contributed by atoms with Crippen LogP contribution in [0.5, 0.6) is 0 Å². The molecule has 2 heterocycles. The van der Waals surface area contributed by atoms with Crippen molar-refractivity contribution in [2.45, 2.75) is 44.6 Å². The highest BCUT2D eigenvalue weighted by Gasteiger charge is 2.25. The van der Waals surface area contributed by atoms with Crippen molar-refractivity contribution in [3.63, 3.8) is 0 Å². The van der Waals surface area contributed by atoms with Gasteiger partial charge in [-0.1, -0.05) is 12.8 Å². The van der Waals surface area contributed by atoms with Crippen molar-refractivity contribution in [3.8, 4) is 0 Å². The third kappa shape index (κ3) is 3.30. The molecule has 1 N–H and O–H groups in total. The molecule has 1 atom stereocenters. The standard InChI is InChI=1S/C12H18BrNS/c1-12(5-3-2-4-6-14-12)8-11-7-10(13)9-15-11/h7,9,14H,2-6,8H2,1H3. The lowest BCUT2D eigenvalue weighted by Crippen LogP contribution is -2.43. The van der Waals surface area contributed by atoms with E-state index in [0.29, 0.717) is 5.54 Å². The Morgan fingerprint density at radius 2 is 2.33 bits per heavy atom. The highest BCUT2D eigenvalue weighted by atomic mass is 79.9. The fraction of sp³-hybridized carbons (Fsp3) is 0.667. The molecule has 1 aromatic heterocycles. The van der Waals surface area contributed by atoms with Gasteiger partial charge in [-0.2, -0.15) is 0 Å². The molecule has 1 saturated heterocycles. The van der Waals surface area contributed by atoms with Gasteiger partial charge in [-0.05, 0) is 54.7 Å². The Kier molecular flexibility index (Phi) is 3.86. The molecule has 0 aliphatic carbocycles. The van der Waals surface area contributed by atoms with E-state index < -0.39 is 0 Å². The summed E-state index contributed by atoms with van der Waals surface area (Å²) in [6.07, 6.45) is 6.57. The van der Waals surface area contributed by atoms with Crippen molar-refractivity contribution < 1.29 is 0 Å². The fourth-order valence-corrected chi connectivity index (χ4v) is 3.91. The van der Waals surface area contributed by atoms with Crippen molar-refractivity contribution in [1.82, 2.24) is 5.32 Å². The molecule has 84 valence electrons. The summed E-state index contributed by atoms with van der Waals surface area (Å²) in [6.45, 7) is 3.55. The Labute approximate surface area is 104 Å². The van der Waals surface area contributed by atoms with Gasteiger partial charge < -0.3 is 5.32 Å². The van der Waals surface area contributed by atoms with Crippen LogP contribution in [0.15, 0.2) is 15.9 Å². The summed E-state index contributed by atoms with van der Waals surface area (Å²) >= 11 is 5.38. The third-order valence-corrected chi connectivity index (χ3v) is 4.84. The molecule has 1 nitrogen and oxygen atoms in total. The van der Waals surface area contributed by atoms with E-state index in [1.165, 1.54) is 48.0 Å². The zero-order valence-electron chi connectivity index (χ0n) is 9.18. The summed E-state index contributed by atoms with van der Waals surface area (Å²) in [4.78, 5) is 1.48. The second-order valence-electron chi connectivity index (χ2n) is 4.71. The van der Waals surface area contributed by atoms with Gasteiger partial charge in [-0.15, -0.1) is 11.3 Å². The molecule has 3 heteroatoms. The van der Waals surface area contributed by atoms with Gasteiger partial charge in [0.2, 0.25) is 0 Å². The van der Waals surface area contributed by atoms with Gasteiger partial charge in [-0.3, -0.25) is 0 Å². The smallest absolute Gasteiger partial charge is 0.0285 e. The van der Waals surface area contributed by atoms with Crippen molar-refractivity contribution in [1.29, 1.82) is 0 Å². The first-order chi connectivity index (χ1) is 7.18. The number of hydrogen-bond acceptors (Lipinski definition) is 2. The summed E-state index contributed by atoms with van der Waals surface area (Å²) in [5.41, 5.74) is 0.320. The highest BCUT2D eigenvalue weighted by molar-refractivity contribution is 9.10. The lowest BCUT2D eigenvalue weighted by molar-refractivity contribution is 0.348. The number of rotatable bonds is 2. The lowest BCUT2D eigenvalue weighted by Gasteiger charge is -2.28. The van der Waals surface area contributed by atoms with Gasteiger partial charge in [-0.25, -0.2) is 0 Å². The van der Waals surface area contributed by atoms with E-state index in [1.54, 1.807) is 0 Å². The van der Waals surface area contributed by atoms with Crippen LogP contribution in [0, 0.1) is 0 Å². The second kappa shape index (κ2) is 4.98. The van der Waals surface area contributed by atoms with Crippen LogP contribution in [-0.4, -0.2) is 12.1 Å². The van der Waals surface area contributed by atoms with Gasteiger partial charge in [0.05, 0.1) is 0 Å². The molecule has 1 aromatic rings. The number of thiophene rings is 1. The van der Waals surface area contributed by atoms with Gasteiger partial charge in [0, 0.05) is 20.3 Å². The first kappa shape index (κ1) is 11.6. The van der Waals surface area contributed by atoms with E-state index in [2.05, 4.69) is 39.6 Å². The number of hydrogen-bond donors (Lipinski definition) is 1. The van der Waals surface area contributed by atoms with E-state index in [-0.39, 0.29) is 0 Å². The maximum absolute atomic E-state index is 3.71. The van der Waals surface area contributed by atoms with Gasteiger partial charge in [0.25, 0.3) is 0 Å². The van der Waals surface area contributed by atoms with Crippen LogP contribution in [0.3, 0.4) is 0 Å². The molecule has 0 saturated carbocycles. The van der Waals surface area contributed by atoms with Crippen LogP contribution in [0.1, 0.15) is 37.5 Å². The molecule has 1 unspecified atom stereocenters. The van der Waals surface area contributed by atoms with E-state index in [9.17, 15) is 0 Å². The summed E-state index contributed by atoms with van der Waals surface area (Å²) in [6, 6.07) is 2.25. The number of nitrogens with one attached hydrogen (secondary N) is 1. The molecule has 2 rings (SSSR count). The Hall–Kier alpha value is 0.140. The first-order valence-corrected chi connectivity index (χ1v) is 7.33. The van der Waals surface area contributed by atoms with Gasteiger partial charge in [0.15, 0.2) is 0 Å². The minimum absolute atomic E-state index is 0.320. The molecule has 1 aliphatic heterocycles. The van der Waals surface area contributed by atoms with Crippen LogP contribution in [0.4, 0.5) is 0 Å². The Bertz CT molecular complexity index is 313. The van der Waals surface area contributed by atoms with Crippen molar-refractivity contribution in [2.24, 2.45) is 0 Å². The van der Waals surface area contributed by atoms with Crippen LogP contribution >= 0.6 is 27.3 Å². The maximum Gasteiger partial charge on any atom is 0.0285 e. The molecular formula is C12H18BrNS. The molecule has 0 radical (unpaired) electrons. The molecule has 0 amide bonds. The summed E-state index contributed by atoms with van der Waals surface area (Å²) in [5, 5.41) is 5.88. The number of halogens is 1. The van der Waals surface area contributed by atoms with E-state index in [1.807, 2.05) is 11.3 Å². The van der Waals surface area contributed by atoms with Gasteiger partial charge >= 0.3 is 0 Å². The van der Waals surface area contributed by atoms with Crippen LogP contribution in [0.2, 0.25) is 0 Å². The Morgan fingerprint density at radius 3 is 3.07 bits per heavy atom. The fourth-order valence-electron chi connectivity index (χ4n) is 2.28. The quantitative estimate of drug-likeness (QED) is 0.868. The molecular weight excluding hydrogens is 270 g/mol. The molecule has 0 spiro atoms. The van der Waals surface area contributed by atoms with Crippen molar-refractivity contribution >= 4 is 27.3 Å². The Morgan fingerprint density at radius 1 is 1.47 bits per heavy atom. The molecule has 1 aliphatic rings. The monoisotopic (exact) mass is 287 g/mol. The molecule has 0 bridgehead atoms. The predicted molar refractivity (Wildman–Crippen MR) is 70.6 cm³/mol. The minimum atomic E-state index is 0.320. The topological polar surface area (TPSA) is 12.0 Å². The minimum Gasteiger partial charge on any atom is -0.311 e. The second-order valence-corrected chi connectivity index (χ2v) is 6.62. The van der Waals surface area contributed by atoms with Crippen LogP contribution < -0.4 is 5.32 Å². The molecule has 15 heavy (non-hydrogen) atoms. The predicted octanol–water partition coefficient (Wildman–Crippen LogP) is 3.98. The third-order valence-electron chi connectivity index (χ3n) is 3.14. The average Bonchev–Trinajstić information content (AvgIpc) is 2.46. The summed E-state index contributed by atoms with van der Waals surface area (Å²) in [5.74, 6) is 0. The largest absolute Gasteiger partial charge is 0.311 e. The first-order valence-electron chi connectivity index (χ1n) is 5.66. The molecule has 0 aromatic carbocycles.